The molecule has 1 aromatic heterocycles. The molecule has 1 heterocycles. The second kappa shape index (κ2) is 3.20. The van der Waals surface area contributed by atoms with Crippen LogP contribution < -0.4 is 4.98 Å². The maximum atomic E-state index is 4.91. The van der Waals surface area contributed by atoms with Gasteiger partial charge in [0.25, 0.3) is 0 Å². The van der Waals surface area contributed by atoms with Crippen molar-refractivity contribution >= 4 is 0 Å². The number of nitrogens with one attached hydrogen (secondary N) is 1. The molecule has 0 saturated heterocycles. The Morgan fingerprint density at radius 1 is 1.44 bits per heavy atom. The van der Waals surface area contributed by atoms with E-state index in [1.807, 2.05) is 24.5 Å². The van der Waals surface area contributed by atoms with Crippen LogP contribution in [-0.2, 0) is 11.3 Å². The zero-order chi connectivity index (χ0) is 6.53. The van der Waals surface area contributed by atoms with Gasteiger partial charge in [0.1, 0.15) is 0 Å². The fourth-order valence-corrected chi connectivity index (χ4v) is 0.684. The van der Waals surface area contributed by atoms with E-state index in [-0.39, 0.29) is 0 Å². The van der Waals surface area contributed by atoms with Crippen molar-refractivity contribution in [3.05, 3.63) is 30.1 Å². The fraction of sp³-hybridized carbons (Fsp3) is 0.286. The Kier molecular flexibility index (Phi) is 2.22. The summed E-state index contributed by atoms with van der Waals surface area (Å²) in [5.41, 5.74) is 1.19. The van der Waals surface area contributed by atoms with E-state index in [4.69, 9.17) is 4.74 Å². The van der Waals surface area contributed by atoms with Crippen molar-refractivity contribution in [1.29, 1.82) is 0 Å². The highest BCUT2D eigenvalue weighted by Crippen LogP contribution is 1.94. The lowest BCUT2D eigenvalue weighted by Gasteiger charge is -1.92. The molecule has 2 nitrogen and oxygen atoms in total. The monoisotopic (exact) mass is 124 g/mol. The molecule has 2 heteroatoms. The van der Waals surface area contributed by atoms with Crippen molar-refractivity contribution in [3.8, 4) is 0 Å². The third kappa shape index (κ3) is 1.82. The average Bonchev–Trinajstić information content (AvgIpc) is 1.91. The molecule has 0 fully saturated rings. The van der Waals surface area contributed by atoms with Crippen molar-refractivity contribution < 1.29 is 9.72 Å². The molecule has 0 amide bonds. The van der Waals surface area contributed by atoms with Gasteiger partial charge in [-0.15, -0.1) is 0 Å². The van der Waals surface area contributed by atoms with Gasteiger partial charge in [-0.3, -0.25) is 0 Å². The highest BCUT2D eigenvalue weighted by Gasteiger charge is 1.88. The summed E-state index contributed by atoms with van der Waals surface area (Å²) in [5, 5.41) is 0. The Bertz CT molecular complexity index is 162. The van der Waals surface area contributed by atoms with Crippen LogP contribution in [0.1, 0.15) is 5.56 Å². The number of rotatable bonds is 2. The minimum absolute atomic E-state index is 0.689. The Morgan fingerprint density at radius 3 is 2.67 bits per heavy atom. The molecule has 0 aliphatic carbocycles. The van der Waals surface area contributed by atoms with Gasteiger partial charge in [-0.2, -0.15) is 0 Å². The van der Waals surface area contributed by atoms with Crippen LogP contribution in [0.3, 0.4) is 0 Å². The van der Waals surface area contributed by atoms with Crippen LogP contribution in [0.15, 0.2) is 24.5 Å². The molecule has 0 aliphatic rings. The summed E-state index contributed by atoms with van der Waals surface area (Å²) in [6, 6.07) is 3.98. The molecule has 0 spiro atoms. The SMILES string of the molecule is COCc1cc[nH+]cc1. The first-order valence-corrected chi connectivity index (χ1v) is 2.87. The summed E-state index contributed by atoms with van der Waals surface area (Å²) in [6.45, 7) is 0.689. The van der Waals surface area contributed by atoms with Crippen LogP contribution >= 0.6 is 0 Å². The summed E-state index contributed by atoms with van der Waals surface area (Å²) in [4.78, 5) is 2.94. The lowest BCUT2D eigenvalue weighted by Crippen LogP contribution is -1.98. The van der Waals surface area contributed by atoms with Gasteiger partial charge < -0.3 is 4.74 Å². The Labute approximate surface area is 54.5 Å². The molecule has 0 radical (unpaired) electrons. The molecule has 0 bridgehead atoms. The summed E-state index contributed by atoms with van der Waals surface area (Å²) in [6.07, 6.45) is 3.77. The predicted molar refractivity (Wildman–Crippen MR) is 33.7 cm³/mol. The van der Waals surface area contributed by atoms with Gasteiger partial charge in [0, 0.05) is 19.2 Å². The predicted octanol–water partition coefficient (Wildman–Crippen LogP) is 0.647. The smallest absolute Gasteiger partial charge is 0.167 e. The van der Waals surface area contributed by atoms with Crippen molar-refractivity contribution in [2.24, 2.45) is 0 Å². The van der Waals surface area contributed by atoms with E-state index in [9.17, 15) is 0 Å². The Morgan fingerprint density at radius 2 is 2.11 bits per heavy atom. The normalized spacial score (nSPS) is 9.44. The standard InChI is InChI=1S/C7H9NO/c1-9-6-7-2-4-8-5-3-7/h2-5H,6H2,1H3/p+1. The van der Waals surface area contributed by atoms with Crippen LogP contribution in [-0.4, -0.2) is 7.11 Å². The number of methoxy groups -OCH3 is 1. The van der Waals surface area contributed by atoms with Gasteiger partial charge in [0.15, 0.2) is 12.4 Å². The second-order valence-electron chi connectivity index (χ2n) is 1.84. The first kappa shape index (κ1) is 6.23. The van der Waals surface area contributed by atoms with Crippen LogP contribution in [0, 0.1) is 0 Å². The number of hydrogen-bond acceptors (Lipinski definition) is 1. The second-order valence-corrected chi connectivity index (χ2v) is 1.84. The van der Waals surface area contributed by atoms with Crippen molar-refractivity contribution in [1.82, 2.24) is 0 Å². The quantitative estimate of drug-likeness (QED) is 0.567. The van der Waals surface area contributed by atoms with E-state index in [1.165, 1.54) is 5.56 Å². The van der Waals surface area contributed by atoms with Crippen LogP contribution in [0.4, 0.5) is 0 Å². The highest BCUT2D eigenvalue weighted by atomic mass is 16.5. The van der Waals surface area contributed by atoms with Crippen LogP contribution in [0.25, 0.3) is 0 Å². The minimum Gasteiger partial charge on any atom is -0.380 e. The molecule has 48 valence electrons. The van der Waals surface area contributed by atoms with Gasteiger partial charge >= 0.3 is 0 Å². The van der Waals surface area contributed by atoms with E-state index >= 15 is 0 Å². The minimum atomic E-state index is 0.689. The molecule has 0 atom stereocenters. The number of pyridine rings is 1. The summed E-state index contributed by atoms with van der Waals surface area (Å²) in [5.74, 6) is 0. The van der Waals surface area contributed by atoms with Gasteiger partial charge in [-0.05, 0) is 5.56 Å². The summed E-state index contributed by atoms with van der Waals surface area (Å²) in [7, 11) is 1.69. The molecular weight excluding hydrogens is 114 g/mol. The lowest BCUT2D eigenvalue weighted by atomic mass is 10.3. The maximum Gasteiger partial charge on any atom is 0.167 e. The first-order valence-electron chi connectivity index (χ1n) is 2.87. The number of aromatic amines is 1. The highest BCUT2D eigenvalue weighted by molar-refractivity contribution is 5.04. The number of aromatic nitrogens is 1. The zero-order valence-corrected chi connectivity index (χ0v) is 5.42. The molecule has 0 aliphatic heterocycles. The lowest BCUT2D eigenvalue weighted by molar-refractivity contribution is -0.378. The Balaban J connectivity index is 2.61. The largest absolute Gasteiger partial charge is 0.380 e. The van der Waals surface area contributed by atoms with Gasteiger partial charge in [0.2, 0.25) is 0 Å². The average molecular weight is 124 g/mol. The third-order valence-electron chi connectivity index (χ3n) is 1.10. The van der Waals surface area contributed by atoms with Gasteiger partial charge in [-0.25, -0.2) is 4.98 Å². The molecule has 0 aromatic carbocycles. The van der Waals surface area contributed by atoms with Gasteiger partial charge in [0.05, 0.1) is 6.61 Å². The number of ether oxygens (including phenoxy) is 1. The maximum absolute atomic E-state index is 4.91. The zero-order valence-electron chi connectivity index (χ0n) is 5.42. The fourth-order valence-electron chi connectivity index (χ4n) is 0.684. The van der Waals surface area contributed by atoms with E-state index in [2.05, 4.69) is 4.98 Å². The van der Waals surface area contributed by atoms with E-state index in [0.29, 0.717) is 6.61 Å². The Hall–Kier alpha value is -0.890. The van der Waals surface area contributed by atoms with Crippen molar-refractivity contribution in [2.75, 3.05) is 7.11 Å². The number of hydrogen-bond donors (Lipinski definition) is 0. The molecular formula is C7H10NO+. The molecule has 0 saturated carbocycles. The molecule has 1 rings (SSSR count). The first-order chi connectivity index (χ1) is 4.43. The molecule has 9 heavy (non-hydrogen) atoms. The number of H-pyrrole nitrogens is 1. The summed E-state index contributed by atoms with van der Waals surface area (Å²) >= 11 is 0. The van der Waals surface area contributed by atoms with Crippen LogP contribution in [0.2, 0.25) is 0 Å². The molecule has 0 unspecified atom stereocenters. The topological polar surface area (TPSA) is 23.4 Å². The summed E-state index contributed by atoms with van der Waals surface area (Å²) < 4.78 is 4.91. The third-order valence-corrected chi connectivity index (χ3v) is 1.10. The van der Waals surface area contributed by atoms with Crippen LogP contribution in [0.5, 0.6) is 0 Å². The molecule has 1 N–H and O–H groups in total. The van der Waals surface area contributed by atoms with Gasteiger partial charge in [-0.1, -0.05) is 0 Å². The van der Waals surface area contributed by atoms with Crippen molar-refractivity contribution in [3.63, 3.8) is 0 Å². The van der Waals surface area contributed by atoms with Crippen molar-refractivity contribution in [2.45, 2.75) is 6.61 Å². The van der Waals surface area contributed by atoms with E-state index in [0.717, 1.165) is 0 Å². The van der Waals surface area contributed by atoms with E-state index < -0.39 is 0 Å². The molecule has 1 aromatic rings. The van der Waals surface area contributed by atoms with E-state index in [1.54, 1.807) is 7.11 Å².